The fraction of sp³-hybridized carbons (Fsp3) is 0.286. The van der Waals surface area contributed by atoms with E-state index in [0.29, 0.717) is 9.36 Å². The van der Waals surface area contributed by atoms with Crippen LogP contribution in [0, 0.1) is 5.82 Å². The molecule has 0 amide bonds. The third-order valence-electron chi connectivity index (χ3n) is 4.69. The average molecular weight is 568 g/mol. The van der Waals surface area contributed by atoms with Gasteiger partial charge in [0.05, 0.1) is 11.2 Å². The first-order valence-corrected chi connectivity index (χ1v) is 13.5. The minimum absolute atomic E-state index is 0.0211. The molecule has 0 aliphatic heterocycles. The van der Waals surface area contributed by atoms with E-state index in [9.17, 15) is 12.8 Å². The van der Waals surface area contributed by atoms with Crippen molar-refractivity contribution in [1.29, 1.82) is 0 Å². The molecule has 0 aliphatic rings. The van der Waals surface area contributed by atoms with E-state index < -0.39 is 20.7 Å². The largest absolute Gasteiger partial charge is 0.486 e. The van der Waals surface area contributed by atoms with Gasteiger partial charge in [0, 0.05) is 42.5 Å². The lowest BCUT2D eigenvalue weighted by Gasteiger charge is -2.23. The van der Waals surface area contributed by atoms with E-state index in [1.807, 2.05) is 24.9 Å². The highest BCUT2D eigenvalue weighted by Crippen LogP contribution is 2.33. The molecule has 7 nitrogen and oxygen atoms in total. The molecule has 3 rings (SSSR count). The standard InChI is InChI=1S/C21H22Cl3FN4O3S2/c1-3-26-6-7-29(2)17-8-14(22)5-4-13(17)12-32-18-9-15(23)19(10-16(18)25)34(30,31)28-21-27-11-20(24)33-21/h4-5,8-11,26H,3,6-7,12H2,1-2H3,(H,27,28). The molecule has 1 aromatic heterocycles. The van der Waals surface area contributed by atoms with Crippen molar-refractivity contribution in [3.05, 3.63) is 62.3 Å². The van der Waals surface area contributed by atoms with Gasteiger partial charge in [0.2, 0.25) is 0 Å². The topological polar surface area (TPSA) is 83.6 Å². The maximum Gasteiger partial charge on any atom is 0.265 e. The second kappa shape index (κ2) is 11.7. The summed E-state index contributed by atoms with van der Waals surface area (Å²) in [4.78, 5) is 5.40. The first-order valence-electron chi connectivity index (χ1n) is 10.1. The number of ether oxygens (including phenoxy) is 1. The van der Waals surface area contributed by atoms with Crippen molar-refractivity contribution in [3.8, 4) is 5.75 Å². The number of likely N-dealkylation sites (N-methyl/N-ethyl adjacent to an activating group) is 2. The maximum absolute atomic E-state index is 14.8. The summed E-state index contributed by atoms with van der Waals surface area (Å²) in [5, 5.41) is 3.65. The molecule has 0 bridgehead atoms. The van der Waals surface area contributed by atoms with Crippen LogP contribution in [-0.4, -0.2) is 40.1 Å². The monoisotopic (exact) mass is 566 g/mol. The Morgan fingerprint density at radius 1 is 1.21 bits per heavy atom. The number of benzene rings is 2. The first-order chi connectivity index (χ1) is 16.1. The summed E-state index contributed by atoms with van der Waals surface area (Å²) >= 11 is 19.0. The van der Waals surface area contributed by atoms with E-state index in [4.69, 9.17) is 39.5 Å². The average Bonchev–Trinajstić information content (AvgIpc) is 3.18. The van der Waals surface area contributed by atoms with Crippen LogP contribution in [0.15, 0.2) is 41.4 Å². The second-order valence-electron chi connectivity index (χ2n) is 7.12. The molecule has 1 heterocycles. The summed E-state index contributed by atoms with van der Waals surface area (Å²) in [6.45, 7) is 4.41. The van der Waals surface area contributed by atoms with Crippen molar-refractivity contribution in [2.24, 2.45) is 0 Å². The van der Waals surface area contributed by atoms with Crippen LogP contribution in [0.3, 0.4) is 0 Å². The van der Waals surface area contributed by atoms with E-state index in [1.165, 1.54) is 6.20 Å². The van der Waals surface area contributed by atoms with E-state index in [0.717, 1.165) is 54.4 Å². The Bertz CT molecular complexity index is 1260. The quantitative estimate of drug-likeness (QED) is 0.291. The van der Waals surface area contributed by atoms with Gasteiger partial charge in [0.15, 0.2) is 16.7 Å². The van der Waals surface area contributed by atoms with Crippen molar-refractivity contribution >= 4 is 67.0 Å². The molecule has 0 saturated heterocycles. The molecule has 0 radical (unpaired) electrons. The Hall–Kier alpha value is -1.82. The van der Waals surface area contributed by atoms with Gasteiger partial charge in [-0.25, -0.2) is 17.8 Å². The molecule has 0 unspecified atom stereocenters. The number of halogens is 4. The van der Waals surface area contributed by atoms with Gasteiger partial charge in [0.1, 0.15) is 15.8 Å². The van der Waals surface area contributed by atoms with Crippen LogP contribution in [0.4, 0.5) is 15.2 Å². The highest BCUT2D eigenvalue weighted by atomic mass is 35.5. The first kappa shape index (κ1) is 26.8. The lowest BCUT2D eigenvalue weighted by Crippen LogP contribution is -2.29. The number of hydrogen-bond acceptors (Lipinski definition) is 7. The Balaban J connectivity index is 1.78. The fourth-order valence-electron chi connectivity index (χ4n) is 3.01. The third kappa shape index (κ3) is 6.87. The summed E-state index contributed by atoms with van der Waals surface area (Å²) in [6, 6.07) is 7.26. The Morgan fingerprint density at radius 2 is 1.97 bits per heavy atom. The number of nitrogens with one attached hydrogen (secondary N) is 2. The third-order valence-corrected chi connectivity index (χ3v) is 7.89. The molecular formula is C21H22Cl3FN4O3S2. The van der Waals surface area contributed by atoms with Crippen molar-refractivity contribution in [3.63, 3.8) is 0 Å². The predicted octanol–water partition coefficient (Wildman–Crippen LogP) is 5.67. The van der Waals surface area contributed by atoms with Crippen molar-refractivity contribution in [1.82, 2.24) is 10.3 Å². The summed E-state index contributed by atoms with van der Waals surface area (Å²) < 4.78 is 48.2. The van der Waals surface area contributed by atoms with Crippen LogP contribution < -0.4 is 19.7 Å². The van der Waals surface area contributed by atoms with E-state index >= 15 is 0 Å². The second-order valence-corrected chi connectivity index (χ2v) is 11.3. The molecule has 0 fully saturated rings. The van der Waals surface area contributed by atoms with Gasteiger partial charge in [-0.1, -0.05) is 59.1 Å². The molecule has 0 spiro atoms. The van der Waals surface area contributed by atoms with Crippen LogP contribution in [-0.2, 0) is 16.6 Å². The lowest BCUT2D eigenvalue weighted by molar-refractivity contribution is 0.290. The molecular weight excluding hydrogens is 546 g/mol. The summed E-state index contributed by atoms with van der Waals surface area (Å²) in [5.74, 6) is -1.06. The lowest BCUT2D eigenvalue weighted by atomic mass is 10.1. The molecule has 0 saturated carbocycles. The summed E-state index contributed by atoms with van der Waals surface area (Å²) in [6.07, 6.45) is 1.30. The molecule has 0 atom stereocenters. The smallest absolute Gasteiger partial charge is 0.265 e. The van der Waals surface area contributed by atoms with Gasteiger partial charge in [-0.2, -0.15) is 0 Å². The van der Waals surface area contributed by atoms with Crippen LogP contribution in [0.25, 0.3) is 0 Å². The normalized spacial score (nSPS) is 11.5. The van der Waals surface area contributed by atoms with E-state index in [1.54, 1.807) is 12.1 Å². The van der Waals surface area contributed by atoms with Crippen molar-refractivity contribution < 1.29 is 17.5 Å². The Kier molecular flexibility index (Phi) is 9.25. The predicted molar refractivity (Wildman–Crippen MR) is 137 cm³/mol. The van der Waals surface area contributed by atoms with Crippen LogP contribution in [0.5, 0.6) is 5.75 Å². The zero-order valence-electron chi connectivity index (χ0n) is 18.2. The molecule has 3 aromatic rings. The van der Waals surface area contributed by atoms with Gasteiger partial charge in [0.25, 0.3) is 10.0 Å². The number of thiazole rings is 1. The minimum Gasteiger partial charge on any atom is -0.486 e. The zero-order valence-corrected chi connectivity index (χ0v) is 22.1. The number of nitrogens with zero attached hydrogens (tertiary/aromatic N) is 2. The van der Waals surface area contributed by atoms with Crippen molar-refractivity contribution in [2.75, 3.05) is 36.3 Å². The highest BCUT2D eigenvalue weighted by molar-refractivity contribution is 7.93. The molecule has 184 valence electrons. The Labute approximate surface area is 216 Å². The van der Waals surface area contributed by atoms with Crippen LogP contribution >= 0.6 is 46.1 Å². The highest BCUT2D eigenvalue weighted by Gasteiger charge is 2.23. The van der Waals surface area contributed by atoms with E-state index in [2.05, 4.69) is 15.0 Å². The minimum atomic E-state index is -4.19. The number of rotatable bonds is 11. The van der Waals surface area contributed by atoms with Crippen LogP contribution in [0.1, 0.15) is 12.5 Å². The zero-order chi connectivity index (χ0) is 24.9. The fourth-order valence-corrected chi connectivity index (χ4v) is 5.76. The molecule has 0 aliphatic carbocycles. The molecule has 34 heavy (non-hydrogen) atoms. The SMILES string of the molecule is CCNCCN(C)c1cc(Cl)ccc1COc1cc(Cl)c(S(=O)(=O)Nc2ncc(Cl)s2)cc1F. The summed E-state index contributed by atoms with van der Waals surface area (Å²) in [7, 11) is -2.26. The van der Waals surface area contributed by atoms with Gasteiger partial charge in [-0.3, -0.25) is 4.72 Å². The molecule has 2 N–H and O–H groups in total. The Morgan fingerprint density at radius 3 is 2.65 bits per heavy atom. The van der Waals surface area contributed by atoms with Gasteiger partial charge in [-0.05, 0) is 24.7 Å². The van der Waals surface area contributed by atoms with Gasteiger partial charge < -0.3 is 15.0 Å². The van der Waals surface area contributed by atoms with Gasteiger partial charge >= 0.3 is 0 Å². The van der Waals surface area contributed by atoms with Crippen molar-refractivity contribution in [2.45, 2.75) is 18.4 Å². The number of hydrogen-bond donors (Lipinski definition) is 2. The number of sulfonamides is 1. The molecule has 2 aromatic carbocycles. The summed E-state index contributed by atoms with van der Waals surface area (Å²) in [5.41, 5.74) is 1.61. The number of aromatic nitrogens is 1. The number of anilines is 2. The maximum atomic E-state index is 14.8. The molecule has 13 heteroatoms. The van der Waals surface area contributed by atoms with Crippen LogP contribution in [0.2, 0.25) is 14.4 Å². The van der Waals surface area contributed by atoms with E-state index in [-0.39, 0.29) is 22.5 Å². The van der Waals surface area contributed by atoms with Gasteiger partial charge in [-0.15, -0.1) is 0 Å².